The van der Waals surface area contributed by atoms with Crippen LogP contribution in [-0.4, -0.2) is 11.9 Å². The lowest BCUT2D eigenvalue weighted by Crippen LogP contribution is -2.45. The molecule has 0 aromatic heterocycles. The quantitative estimate of drug-likeness (QED) is 0.760. The van der Waals surface area contributed by atoms with E-state index in [0.29, 0.717) is 6.42 Å². The molecule has 1 aliphatic carbocycles. The van der Waals surface area contributed by atoms with E-state index in [0.717, 1.165) is 12.8 Å². The number of amides is 1. The number of hydrogen-bond acceptors (Lipinski definition) is 1. The predicted octanol–water partition coefficient (Wildman–Crippen LogP) is 3.29. The number of carbonyl (C=O) groups excluding carboxylic acids is 1. The van der Waals surface area contributed by atoms with Crippen molar-refractivity contribution >= 4 is 5.91 Å². The second kappa shape index (κ2) is 4.36. The van der Waals surface area contributed by atoms with Crippen molar-refractivity contribution in [3.05, 3.63) is 34.9 Å². The lowest BCUT2D eigenvalue weighted by atomic mass is 9.73. The van der Waals surface area contributed by atoms with E-state index in [4.69, 9.17) is 1.37 Å². The van der Waals surface area contributed by atoms with Gasteiger partial charge in [-0.1, -0.05) is 39.0 Å². The maximum Gasteiger partial charge on any atom is 0.220 e. The highest BCUT2D eigenvalue weighted by Crippen LogP contribution is 2.38. The van der Waals surface area contributed by atoms with Crippen molar-refractivity contribution < 1.29 is 6.17 Å². The number of benzene rings is 1. The Morgan fingerprint density at radius 1 is 1.32 bits per heavy atom. The van der Waals surface area contributed by atoms with Crippen molar-refractivity contribution in [1.29, 1.82) is 0 Å². The molecule has 0 radical (unpaired) electrons. The van der Waals surface area contributed by atoms with Crippen LogP contribution >= 0.6 is 0 Å². The van der Waals surface area contributed by atoms with Crippen LogP contribution in [0.4, 0.5) is 0 Å². The molecule has 1 N–H and O–H groups in total. The smallest absolute Gasteiger partial charge is 0.220 e. The Bertz CT molecular complexity index is 546. The van der Waals surface area contributed by atoms with Crippen LogP contribution in [0.1, 0.15) is 64.0 Å². The highest BCUT2D eigenvalue weighted by molar-refractivity contribution is 5.77. The monoisotopic (exact) mass is 258 g/mol. The Balaban J connectivity index is 1.99. The van der Waals surface area contributed by atoms with Gasteiger partial charge in [0.25, 0.3) is 0 Å². The van der Waals surface area contributed by atoms with Gasteiger partial charge in [0.1, 0.15) is 0 Å². The number of rotatable bonds is 0. The molecule has 3 rings (SSSR count). The van der Waals surface area contributed by atoms with E-state index in [1.165, 1.54) is 16.7 Å². The largest absolute Gasteiger partial charge is 0.353 e. The van der Waals surface area contributed by atoms with Crippen molar-refractivity contribution in [2.75, 3.05) is 0 Å². The first-order chi connectivity index (χ1) is 9.36. The molecule has 19 heavy (non-hydrogen) atoms. The van der Waals surface area contributed by atoms with Gasteiger partial charge in [-0.05, 0) is 41.3 Å². The number of nitrogens with one attached hydrogen (secondary N) is 1. The average Bonchev–Trinajstić information content (AvgIpc) is 2.36. The van der Waals surface area contributed by atoms with Crippen molar-refractivity contribution in [3.8, 4) is 0 Å². The summed E-state index contributed by atoms with van der Waals surface area (Å²) in [6.07, 6.45) is 2.01. The van der Waals surface area contributed by atoms with E-state index in [1.807, 2.05) is 0 Å². The zero-order chi connectivity index (χ0) is 14.5. The second-order valence-corrected chi connectivity index (χ2v) is 6.84. The molecule has 1 amide bonds. The molecule has 0 bridgehead atoms. The first-order valence-corrected chi connectivity index (χ1v) is 7.21. The third kappa shape index (κ3) is 2.29. The minimum atomic E-state index is -0.298. The Kier molecular flexibility index (Phi) is 2.64. The summed E-state index contributed by atoms with van der Waals surface area (Å²) in [7, 11) is 0. The summed E-state index contributed by atoms with van der Waals surface area (Å²) >= 11 is 0. The third-order valence-electron chi connectivity index (χ3n) is 4.43. The van der Waals surface area contributed by atoms with Gasteiger partial charge in [-0.3, -0.25) is 4.79 Å². The predicted molar refractivity (Wildman–Crippen MR) is 77.4 cm³/mol. The van der Waals surface area contributed by atoms with Crippen LogP contribution in [-0.2, 0) is 16.6 Å². The van der Waals surface area contributed by atoms with Gasteiger partial charge in [0.05, 0.1) is 0 Å². The Morgan fingerprint density at radius 3 is 2.84 bits per heavy atom. The van der Waals surface area contributed by atoms with Crippen LogP contribution in [0.25, 0.3) is 0 Å². The van der Waals surface area contributed by atoms with Crippen LogP contribution in [0.5, 0.6) is 0 Å². The maximum absolute atomic E-state index is 11.6. The first-order valence-electron chi connectivity index (χ1n) is 7.79. The molecular weight excluding hydrogens is 234 g/mol. The zero-order valence-corrected chi connectivity index (χ0v) is 12.0. The van der Waals surface area contributed by atoms with Gasteiger partial charge in [-0.25, -0.2) is 0 Å². The molecule has 1 aromatic carbocycles. The molecule has 1 heterocycles. The number of hydrogen-bond donors (Lipinski definition) is 1. The Hall–Kier alpha value is -1.31. The van der Waals surface area contributed by atoms with Crippen LogP contribution in [0.3, 0.4) is 0 Å². The van der Waals surface area contributed by atoms with Gasteiger partial charge in [0.15, 0.2) is 0 Å². The molecule has 3 atom stereocenters. The van der Waals surface area contributed by atoms with Gasteiger partial charge in [0, 0.05) is 19.8 Å². The van der Waals surface area contributed by atoms with Crippen LogP contribution < -0.4 is 5.32 Å². The zero-order valence-electron chi connectivity index (χ0n) is 13.0. The molecule has 1 aliphatic heterocycles. The van der Waals surface area contributed by atoms with Gasteiger partial charge >= 0.3 is 0 Å². The molecule has 1 fully saturated rings. The number of fused-ring (bicyclic) bond motifs is 3. The summed E-state index contributed by atoms with van der Waals surface area (Å²) in [6.45, 7) is 6.69. The standard InChI is InChI=1S/C17H23NO/c1-17(2,3)12-5-6-13-11(10-12)4-8-15-14(13)7-9-16(19)18-15/h5-6,10,14-15H,4,7-9H2,1-3H3,(H,18,19)/i7D. The molecule has 1 saturated heterocycles. The summed E-state index contributed by atoms with van der Waals surface area (Å²) in [4.78, 5) is 11.6. The van der Waals surface area contributed by atoms with Crippen molar-refractivity contribution in [2.24, 2.45) is 0 Å². The van der Waals surface area contributed by atoms with E-state index < -0.39 is 0 Å². The van der Waals surface area contributed by atoms with E-state index in [2.05, 4.69) is 44.3 Å². The van der Waals surface area contributed by atoms with Crippen molar-refractivity contribution in [3.63, 3.8) is 0 Å². The fourth-order valence-electron chi connectivity index (χ4n) is 3.27. The summed E-state index contributed by atoms with van der Waals surface area (Å²) in [6, 6.07) is 6.87. The fraction of sp³-hybridized carbons (Fsp3) is 0.588. The van der Waals surface area contributed by atoms with Crippen LogP contribution in [0.15, 0.2) is 18.2 Å². The number of carbonyl (C=O) groups is 1. The van der Waals surface area contributed by atoms with Crippen LogP contribution in [0.2, 0.25) is 0 Å². The number of piperidine rings is 1. The normalized spacial score (nSPS) is 31.0. The molecular formula is C17H23NO. The highest BCUT2D eigenvalue weighted by Gasteiger charge is 2.34. The molecule has 102 valence electrons. The van der Waals surface area contributed by atoms with E-state index in [9.17, 15) is 4.79 Å². The van der Waals surface area contributed by atoms with Crippen molar-refractivity contribution in [1.82, 2.24) is 5.32 Å². The minimum Gasteiger partial charge on any atom is -0.353 e. The van der Waals surface area contributed by atoms with Crippen molar-refractivity contribution in [2.45, 2.75) is 63.8 Å². The maximum atomic E-state index is 11.6. The van der Waals surface area contributed by atoms with Gasteiger partial charge < -0.3 is 5.32 Å². The number of aryl methyl sites for hydroxylation is 1. The lowest BCUT2D eigenvalue weighted by Gasteiger charge is -2.38. The molecule has 3 unspecified atom stereocenters. The first kappa shape index (κ1) is 11.5. The van der Waals surface area contributed by atoms with E-state index in [-0.39, 0.29) is 29.7 Å². The van der Waals surface area contributed by atoms with Gasteiger partial charge in [-0.2, -0.15) is 0 Å². The summed E-state index contributed by atoms with van der Waals surface area (Å²) in [5.74, 6) is 0.214. The lowest BCUT2D eigenvalue weighted by molar-refractivity contribution is -0.123. The summed E-state index contributed by atoms with van der Waals surface area (Å²) < 4.78 is 8.27. The molecule has 0 spiro atoms. The average molecular weight is 258 g/mol. The molecule has 2 nitrogen and oxygen atoms in total. The Morgan fingerprint density at radius 2 is 2.11 bits per heavy atom. The summed E-state index contributed by atoms with van der Waals surface area (Å²) in [5.41, 5.74) is 4.19. The summed E-state index contributed by atoms with van der Waals surface area (Å²) in [5, 5.41) is 3.08. The van der Waals surface area contributed by atoms with Gasteiger partial charge in [0.2, 0.25) is 5.91 Å². The minimum absolute atomic E-state index is 0.0426. The molecule has 2 heteroatoms. The Labute approximate surface area is 117 Å². The van der Waals surface area contributed by atoms with Gasteiger partial charge in [-0.15, -0.1) is 0 Å². The topological polar surface area (TPSA) is 29.1 Å². The van der Waals surface area contributed by atoms with E-state index >= 15 is 0 Å². The fourth-order valence-corrected chi connectivity index (χ4v) is 3.27. The highest BCUT2D eigenvalue weighted by atomic mass is 16.1. The molecule has 1 aromatic rings. The van der Waals surface area contributed by atoms with E-state index in [1.54, 1.807) is 0 Å². The second-order valence-electron chi connectivity index (χ2n) is 6.84. The third-order valence-corrected chi connectivity index (χ3v) is 4.43. The van der Waals surface area contributed by atoms with Crippen LogP contribution in [0, 0.1) is 0 Å². The molecule has 2 aliphatic rings. The molecule has 0 saturated carbocycles. The SMILES string of the molecule is [2H]C1CC(=O)NC2CCc3cc(C(C)(C)C)ccc3C12.